The molecule has 1 saturated heterocycles. The summed E-state index contributed by atoms with van der Waals surface area (Å²) in [6.07, 6.45) is 0.453. The van der Waals surface area contributed by atoms with E-state index in [1.807, 2.05) is 52.0 Å². The largest absolute Gasteiger partial charge is 0.353 e. The molecule has 1 aromatic carbocycles. The number of hydrogen-bond acceptors (Lipinski definition) is 4. The summed E-state index contributed by atoms with van der Waals surface area (Å²) in [6.45, 7) is 7.78. The van der Waals surface area contributed by atoms with Crippen molar-refractivity contribution in [3.8, 4) is 0 Å². The SMILES string of the molecule is CC[C@]1(c2ccc(C)cc2)NC(=O)N(CN(C)CC(=O)NC(C)C)C1=O. The fourth-order valence-corrected chi connectivity index (χ4v) is 3.14. The first-order valence-electron chi connectivity index (χ1n) is 8.88. The van der Waals surface area contributed by atoms with Crippen molar-refractivity contribution in [2.24, 2.45) is 0 Å². The predicted octanol–water partition coefficient (Wildman–Crippen LogP) is 1.57. The average Bonchev–Trinajstić information content (AvgIpc) is 2.79. The van der Waals surface area contributed by atoms with Gasteiger partial charge in [0.25, 0.3) is 5.91 Å². The third-order valence-electron chi connectivity index (χ3n) is 4.50. The van der Waals surface area contributed by atoms with Crippen molar-refractivity contribution in [1.82, 2.24) is 20.4 Å². The van der Waals surface area contributed by atoms with Crippen LogP contribution in [-0.2, 0) is 15.1 Å². The molecule has 0 bridgehead atoms. The second kappa shape index (κ2) is 7.86. The molecule has 0 saturated carbocycles. The van der Waals surface area contributed by atoms with Gasteiger partial charge in [-0.3, -0.25) is 14.5 Å². The molecule has 1 aromatic rings. The molecule has 142 valence electrons. The predicted molar refractivity (Wildman–Crippen MR) is 99.3 cm³/mol. The molecule has 2 N–H and O–H groups in total. The second-order valence-electron chi connectivity index (χ2n) is 7.17. The van der Waals surface area contributed by atoms with Gasteiger partial charge in [-0.25, -0.2) is 9.69 Å². The van der Waals surface area contributed by atoms with Gasteiger partial charge in [0.2, 0.25) is 5.91 Å². The third-order valence-corrected chi connectivity index (χ3v) is 4.50. The fourth-order valence-electron chi connectivity index (χ4n) is 3.14. The molecule has 0 spiro atoms. The first-order valence-corrected chi connectivity index (χ1v) is 8.88. The van der Waals surface area contributed by atoms with Crippen LogP contribution >= 0.6 is 0 Å². The Bertz CT molecular complexity index is 687. The monoisotopic (exact) mass is 360 g/mol. The maximum Gasteiger partial charge on any atom is 0.326 e. The van der Waals surface area contributed by atoms with E-state index in [-0.39, 0.29) is 31.1 Å². The van der Waals surface area contributed by atoms with E-state index < -0.39 is 11.6 Å². The summed E-state index contributed by atoms with van der Waals surface area (Å²) in [4.78, 5) is 40.2. The lowest BCUT2D eigenvalue weighted by atomic mass is 9.87. The summed E-state index contributed by atoms with van der Waals surface area (Å²) in [6, 6.07) is 7.21. The molecule has 1 heterocycles. The van der Waals surface area contributed by atoms with Gasteiger partial charge in [-0.05, 0) is 39.8 Å². The number of rotatable bonds is 7. The Labute approximate surface area is 154 Å². The van der Waals surface area contributed by atoms with E-state index in [1.54, 1.807) is 11.9 Å². The molecule has 2 rings (SSSR count). The Balaban J connectivity index is 2.14. The zero-order valence-corrected chi connectivity index (χ0v) is 16.1. The Morgan fingerprint density at radius 2 is 1.88 bits per heavy atom. The number of imide groups is 1. The molecule has 7 heteroatoms. The van der Waals surface area contributed by atoms with E-state index in [1.165, 1.54) is 4.90 Å². The van der Waals surface area contributed by atoms with Gasteiger partial charge in [0.15, 0.2) is 0 Å². The highest BCUT2D eigenvalue weighted by atomic mass is 16.2. The molecular formula is C19H28N4O3. The van der Waals surface area contributed by atoms with Crippen molar-refractivity contribution < 1.29 is 14.4 Å². The minimum absolute atomic E-state index is 0.0434. The van der Waals surface area contributed by atoms with Gasteiger partial charge in [0.1, 0.15) is 5.54 Å². The molecule has 1 aliphatic heterocycles. The van der Waals surface area contributed by atoms with Crippen LogP contribution in [0, 0.1) is 6.92 Å². The first-order chi connectivity index (χ1) is 12.2. The molecule has 0 unspecified atom stereocenters. The Kier molecular flexibility index (Phi) is 6.02. The van der Waals surface area contributed by atoms with E-state index in [4.69, 9.17) is 0 Å². The highest BCUT2D eigenvalue weighted by Gasteiger charge is 2.51. The molecule has 0 aliphatic carbocycles. The Hall–Kier alpha value is -2.41. The summed E-state index contributed by atoms with van der Waals surface area (Å²) in [5.74, 6) is -0.431. The Morgan fingerprint density at radius 1 is 1.27 bits per heavy atom. The lowest BCUT2D eigenvalue weighted by Gasteiger charge is -2.27. The van der Waals surface area contributed by atoms with Gasteiger partial charge in [-0.1, -0.05) is 36.8 Å². The molecular weight excluding hydrogens is 332 g/mol. The van der Waals surface area contributed by atoms with Crippen molar-refractivity contribution in [3.05, 3.63) is 35.4 Å². The van der Waals surface area contributed by atoms with Crippen molar-refractivity contribution >= 4 is 17.8 Å². The number of benzene rings is 1. The molecule has 1 aliphatic rings. The minimum atomic E-state index is -1.05. The minimum Gasteiger partial charge on any atom is -0.353 e. The van der Waals surface area contributed by atoms with Crippen molar-refractivity contribution in [1.29, 1.82) is 0 Å². The van der Waals surface area contributed by atoms with Crippen LogP contribution < -0.4 is 10.6 Å². The molecule has 1 fully saturated rings. The zero-order valence-electron chi connectivity index (χ0n) is 16.1. The highest BCUT2D eigenvalue weighted by molar-refractivity contribution is 6.07. The lowest BCUT2D eigenvalue weighted by Crippen LogP contribution is -2.46. The van der Waals surface area contributed by atoms with Crippen LogP contribution in [0.4, 0.5) is 4.79 Å². The standard InChI is InChI=1S/C19H28N4O3/c1-6-19(15-9-7-14(4)8-10-15)17(25)23(18(26)21-19)12-22(5)11-16(24)20-13(2)3/h7-10,13H,6,11-12H2,1-5H3,(H,20,24)(H,21,26)/t19-/m1/s1. The average molecular weight is 360 g/mol. The van der Waals surface area contributed by atoms with Gasteiger partial charge in [0.05, 0.1) is 13.2 Å². The number of carbonyl (C=O) groups is 3. The maximum atomic E-state index is 13.1. The molecule has 1 atom stereocenters. The van der Waals surface area contributed by atoms with Crippen molar-refractivity contribution in [3.63, 3.8) is 0 Å². The smallest absolute Gasteiger partial charge is 0.326 e. The summed E-state index contributed by atoms with van der Waals surface area (Å²) < 4.78 is 0. The molecule has 0 aromatic heterocycles. The van der Waals surface area contributed by atoms with E-state index in [9.17, 15) is 14.4 Å². The van der Waals surface area contributed by atoms with E-state index >= 15 is 0 Å². The number of aryl methyl sites for hydroxylation is 1. The maximum absolute atomic E-state index is 13.1. The number of nitrogens with zero attached hydrogens (tertiary/aromatic N) is 2. The van der Waals surface area contributed by atoms with E-state index in [0.29, 0.717) is 6.42 Å². The summed E-state index contributed by atoms with van der Waals surface area (Å²) in [5, 5.41) is 5.65. The topological polar surface area (TPSA) is 81.8 Å². The van der Waals surface area contributed by atoms with Crippen LogP contribution in [0.5, 0.6) is 0 Å². The van der Waals surface area contributed by atoms with Crippen LogP contribution in [0.2, 0.25) is 0 Å². The van der Waals surface area contributed by atoms with Gasteiger partial charge in [0, 0.05) is 6.04 Å². The zero-order chi connectivity index (χ0) is 19.5. The number of nitrogens with one attached hydrogen (secondary N) is 2. The van der Waals surface area contributed by atoms with Gasteiger partial charge >= 0.3 is 6.03 Å². The van der Waals surface area contributed by atoms with Crippen LogP contribution in [-0.4, -0.2) is 53.9 Å². The summed E-state index contributed by atoms with van der Waals surface area (Å²) >= 11 is 0. The number of likely N-dealkylation sites (N-methyl/N-ethyl adjacent to an activating group) is 1. The van der Waals surface area contributed by atoms with Crippen LogP contribution in [0.1, 0.15) is 38.3 Å². The second-order valence-corrected chi connectivity index (χ2v) is 7.17. The number of hydrogen-bond donors (Lipinski definition) is 2. The van der Waals surface area contributed by atoms with Gasteiger partial charge in [-0.15, -0.1) is 0 Å². The van der Waals surface area contributed by atoms with Gasteiger partial charge in [-0.2, -0.15) is 0 Å². The third kappa shape index (κ3) is 4.04. The number of urea groups is 1. The molecule has 4 amide bonds. The summed E-state index contributed by atoms with van der Waals surface area (Å²) in [5.41, 5.74) is 0.808. The normalized spacial score (nSPS) is 20.0. The quantitative estimate of drug-likeness (QED) is 0.723. The first kappa shape index (κ1) is 19.9. The number of amides is 4. The highest BCUT2D eigenvalue weighted by Crippen LogP contribution is 2.32. The Morgan fingerprint density at radius 3 is 2.42 bits per heavy atom. The van der Waals surface area contributed by atoms with Crippen LogP contribution in [0.25, 0.3) is 0 Å². The summed E-state index contributed by atoms with van der Waals surface area (Å²) in [7, 11) is 1.71. The molecule has 26 heavy (non-hydrogen) atoms. The lowest BCUT2D eigenvalue weighted by molar-refractivity contribution is -0.134. The van der Waals surface area contributed by atoms with E-state index in [0.717, 1.165) is 11.1 Å². The molecule has 0 radical (unpaired) electrons. The number of carbonyl (C=O) groups excluding carboxylic acids is 3. The van der Waals surface area contributed by atoms with Crippen LogP contribution in [0.3, 0.4) is 0 Å². The van der Waals surface area contributed by atoms with Crippen LogP contribution in [0.15, 0.2) is 24.3 Å². The van der Waals surface area contributed by atoms with Gasteiger partial charge < -0.3 is 10.6 Å². The fraction of sp³-hybridized carbons (Fsp3) is 0.526. The van der Waals surface area contributed by atoms with E-state index in [2.05, 4.69) is 10.6 Å². The van der Waals surface area contributed by atoms with Crippen molar-refractivity contribution in [2.75, 3.05) is 20.3 Å². The van der Waals surface area contributed by atoms with Crippen molar-refractivity contribution in [2.45, 2.75) is 45.7 Å². The molecule has 7 nitrogen and oxygen atoms in total.